The van der Waals surface area contributed by atoms with E-state index in [4.69, 9.17) is 0 Å². The number of rotatable bonds is 5. The molecule has 1 unspecified atom stereocenters. The van der Waals surface area contributed by atoms with E-state index in [1.54, 1.807) is 11.8 Å². The van der Waals surface area contributed by atoms with Gasteiger partial charge in [0.15, 0.2) is 0 Å². The Morgan fingerprint density at radius 1 is 1.50 bits per heavy atom. The van der Waals surface area contributed by atoms with Crippen molar-refractivity contribution < 1.29 is 4.79 Å². The van der Waals surface area contributed by atoms with Gasteiger partial charge in [0.2, 0.25) is 0 Å². The number of carbonyl (C=O) groups excluding carboxylic acids is 1. The number of hydrogen-bond acceptors (Lipinski definition) is 2. The molecule has 0 rings (SSSR count). The first-order valence-electron chi connectivity index (χ1n) is 4.21. The van der Waals surface area contributed by atoms with Crippen molar-refractivity contribution >= 4 is 17.8 Å². The fourth-order valence-corrected chi connectivity index (χ4v) is 1.52. The second-order valence-electron chi connectivity index (χ2n) is 2.80. The van der Waals surface area contributed by atoms with Gasteiger partial charge in [-0.05, 0) is 24.9 Å². The quantitative estimate of drug-likeness (QED) is 0.686. The van der Waals surface area contributed by atoms with Crippen LogP contribution in [0.15, 0.2) is 0 Å². The molecule has 0 saturated carbocycles. The van der Waals surface area contributed by atoms with E-state index >= 15 is 0 Å². The second-order valence-corrected chi connectivity index (χ2v) is 3.71. The predicted octanol–water partition coefficient (Wildman–Crippen LogP) is 1.30. The molecule has 0 aromatic rings. The van der Waals surface area contributed by atoms with E-state index in [1.807, 2.05) is 6.92 Å². The third kappa shape index (κ3) is 6.34. The van der Waals surface area contributed by atoms with Gasteiger partial charge in [-0.1, -0.05) is 6.92 Å². The lowest BCUT2D eigenvalue weighted by molar-refractivity contribution is 0.240. The molecule has 0 aromatic carbocycles. The van der Waals surface area contributed by atoms with Crippen molar-refractivity contribution in [1.29, 1.82) is 0 Å². The minimum Gasteiger partial charge on any atom is -0.338 e. The zero-order valence-electron chi connectivity index (χ0n) is 8.02. The SMILES string of the molecule is CCNC(=O)NCC(C)CSC. The van der Waals surface area contributed by atoms with E-state index in [1.165, 1.54) is 0 Å². The highest BCUT2D eigenvalue weighted by Gasteiger charge is 2.02. The number of carbonyl (C=O) groups is 1. The van der Waals surface area contributed by atoms with Gasteiger partial charge in [0.1, 0.15) is 0 Å². The van der Waals surface area contributed by atoms with Crippen molar-refractivity contribution in [3.05, 3.63) is 0 Å². The normalized spacial score (nSPS) is 12.2. The number of hydrogen-bond donors (Lipinski definition) is 2. The van der Waals surface area contributed by atoms with E-state index in [9.17, 15) is 4.79 Å². The Morgan fingerprint density at radius 3 is 2.67 bits per heavy atom. The summed E-state index contributed by atoms with van der Waals surface area (Å²) in [6, 6.07) is -0.0644. The number of nitrogens with one attached hydrogen (secondary N) is 2. The predicted molar refractivity (Wildman–Crippen MR) is 54.6 cm³/mol. The lowest BCUT2D eigenvalue weighted by Crippen LogP contribution is -2.37. The molecule has 3 nitrogen and oxygen atoms in total. The maximum absolute atomic E-state index is 10.9. The van der Waals surface area contributed by atoms with Crippen LogP contribution < -0.4 is 10.6 Å². The largest absolute Gasteiger partial charge is 0.338 e. The monoisotopic (exact) mass is 190 g/mol. The maximum atomic E-state index is 10.9. The van der Waals surface area contributed by atoms with Crippen molar-refractivity contribution in [2.75, 3.05) is 25.1 Å². The maximum Gasteiger partial charge on any atom is 0.314 e. The molecule has 1 atom stereocenters. The van der Waals surface area contributed by atoms with E-state index in [0.29, 0.717) is 12.5 Å². The third-order valence-electron chi connectivity index (χ3n) is 1.40. The molecule has 0 fully saturated rings. The van der Waals surface area contributed by atoms with Crippen LogP contribution in [0.1, 0.15) is 13.8 Å². The van der Waals surface area contributed by atoms with Gasteiger partial charge < -0.3 is 10.6 Å². The molecule has 72 valence electrons. The van der Waals surface area contributed by atoms with Crippen LogP contribution in [-0.4, -0.2) is 31.1 Å². The van der Waals surface area contributed by atoms with Gasteiger partial charge in [0, 0.05) is 13.1 Å². The Labute approximate surface area is 78.7 Å². The minimum atomic E-state index is -0.0644. The zero-order valence-corrected chi connectivity index (χ0v) is 8.83. The summed E-state index contributed by atoms with van der Waals surface area (Å²) in [6.07, 6.45) is 2.07. The number of amides is 2. The number of thioether (sulfide) groups is 1. The fourth-order valence-electron chi connectivity index (χ4n) is 0.833. The van der Waals surface area contributed by atoms with Crippen LogP contribution >= 0.6 is 11.8 Å². The summed E-state index contributed by atoms with van der Waals surface area (Å²) < 4.78 is 0. The average Bonchev–Trinajstić information content (AvgIpc) is 2.02. The molecule has 0 spiro atoms. The Morgan fingerprint density at radius 2 is 2.17 bits per heavy atom. The minimum absolute atomic E-state index is 0.0644. The first-order chi connectivity index (χ1) is 5.70. The molecule has 2 amide bonds. The molecule has 0 radical (unpaired) electrons. The molecular weight excluding hydrogens is 172 g/mol. The Balaban J connectivity index is 3.33. The van der Waals surface area contributed by atoms with Crippen molar-refractivity contribution in [3.8, 4) is 0 Å². The summed E-state index contributed by atoms with van der Waals surface area (Å²) in [4.78, 5) is 10.9. The van der Waals surface area contributed by atoms with Gasteiger partial charge in [-0.25, -0.2) is 4.79 Å². The summed E-state index contributed by atoms with van der Waals surface area (Å²) in [7, 11) is 0. The van der Waals surface area contributed by atoms with Gasteiger partial charge in [0.05, 0.1) is 0 Å². The van der Waals surface area contributed by atoms with Crippen molar-refractivity contribution in [2.45, 2.75) is 13.8 Å². The molecule has 0 saturated heterocycles. The summed E-state index contributed by atoms with van der Waals surface area (Å²) in [5.74, 6) is 1.63. The van der Waals surface area contributed by atoms with E-state index in [0.717, 1.165) is 12.3 Å². The number of urea groups is 1. The topological polar surface area (TPSA) is 41.1 Å². The first-order valence-corrected chi connectivity index (χ1v) is 5.60. The van der Waals surface area contributed by atoms with Crippen molar-refractivity contribution in [1.82, 2.24) is 10.6 Å². The lowest BCUT2D eigenvalue weighted by Gasteiger charge is -2.10. The highest BCUT2D eigenvalue weighted by atomic mass is 32.2. The molecule has 0 aliphatic heterocycles. The van der Waals surface area contributed by atoms with Crippen LogP contribution in [0, 0.1) is 5.92 Å². The van der Waals surface area contributed by atoms with Crippen LogP contribution in [-0.2, 0) is 0 Å². The fraction of sp³-hybridized carbons (Fsp3) is 0.875. The van der Waals surface area contributed by atoms with Crippen LogP contribution in [0.4, 0.5) is 4.79 Å². The van der Waals surface area contributed by atoms with Gasteiger partial charge in [-0.15, -0.1) is 0 Å². The van der Waals surface area contributed by atoms with E-state index in [2.05, 4.69) is 23.8 Å². The van der Waals surface area contributed by atoms with Gasteiger partial charge in [0.25, 0.3) is 0 Å². The van der Waals surface area contributed by atoms with Crippen molar-refractivity contribution in [2.24, 2.45) is 5.92 Å². The summed E-state index contributed by atoms with van der Waals surface area (Å²) in [5.41, 5.74) is 0. The Kier molecular flexibility index (Phi) is 7.05. The standard InChI is InChI=1S/C8H18N2OS/c1-4-9-8(11)10-5-7(2)6-12-3/h7H,4-6H2,1-3H3,(H2,9,10,11). The van der Waals surface area contributed by atoms with Gasteiger partial charge in [-0.2, -0.15) is 11.8 Å². The van der Waals surface area contributed by atoms with E-state index in [-0.39, 0.29) is 6.03 Å². The van der Waals surface area contributed by atoms with Crippen LogP contribution in [0.3, 0.4) is 0 Å². The molecule has 4 heteroatoms. The molecular formula is C8H18N2OS. The molecule has 0 bridgehead atoms. The van der Waals surface area contributed by atoms with Gasteiger partial charge >= 0.3 is 6.03 Å². The van der Waals surface area contributed by atoms with Gasteiger partial charge in [-0.3, -0.25) is 0 Å². The molecule has 12 heavy (non-hydrogen) atoms. The Bertz CT molecular complexity index is 130. The highest BCUT2D eigenvalue weighted by Crippen LogP contribution is 2.02. The van der Waals surface area contributed by atoms with Crippen LogP contribution in [0.25, 0.3) is 0 Å². The molecule has 0 heterocycles. The molecule has 0 aliphatic rings. The zero-order chi connectivity index (χ0) is 9.40. The molecule has 0 aliphatic carbocycles. The third-order valence-corrected chi connectivity index (χ3v) is 2.30. The smallest absolute Gasteiger partial charge is 0.314 e. The summed E-state index contributed by atoms with van der Waals surface area (Å²) >= 11 is 1.80. The van der Waals surface area contributed by atoms with Crippen molar-refractivity contribution in [3.63, 3.8) is 0 Å². The van der Waals surface area contributed by atoms with Crippen LogP contribution in [0.5, 0.6) is 0 Å². The average molecular weight is 190 g/mol. The first kappa shape index (κ1) is 11.6. The Hall–Kier alpha value is -0.380. The second kappa shape index (κ2) is 7.28. The highest BCUT2D eigenvalue weighted by molar-refractivity contribution is 7.98. The summed E-state index contributed by atoms with van der Waals surface area (Å²) in [6.45, 7) is 5.48. The van der Waals surface area contributed by atoms with Crippen LogP contribution in [0.2, 0.25) is 0 Å². The van der Waals surface area contributed by atoms with E-state index < -0.39 is 0 Å². The summed E-state index contributed by atoms with van der Waals surface area (Å²) in [5, 5.41) is 5.49. The lowest BCUT2D eigenvalue weighted by atomic mass is 10.2. The molecule has 2 N–H and O–H groups in total. The molecule has 0 aromatic heterocycles.